The zero-order valence-corrected chi connectivity index (χ0v) is 10.9. The van der Waals surface area contributed by atoms with Crippen molar-refractivity contribution in [2.75, 3.05) is 0 Å². The first-order valence-corrected chi connectivity index (χ1v) is 6.28. The number of benzene rings is 2. The Bertz CT molecular complexity index is 608. The lowest BCUT2D eigenvalue weighted by Gasteiger charge is -2.09. The first kappa shape index (κ1) is 13.8. The average Bonchev–Trinajstić information content (AvgIpc) is 2.46. The van der Waals surface area contributed by atoms with Crippen LogP contribution >= 0.6 is 0 Å². The minimum atomic E-state index is -0.883. The van der Waals surface area contributed by atoms with Gasteiger partial charge >= 0.3 is 5.97 Å². The summed E-state index contributed by atoms with van der Waals surface area (Å²) in [5.41, 5.74) is 2.12. The number of nitrogens with one attached hydrogen (secondary N) is 1. The largest absolute Gasteiger partial charge is 0.481 e. The fourth-order valence-electron chi connectivity index (χ4n) is 1.93. The molecule has 102 valence electrons. The molecular weight excluding hydrogens is 254 g/mol. The van der Waals surface area contributed by atoms with Crippen molar-refractivity contribution in [3.8, 4) is 0 Å². The summed E-state index contributed by atoms with van der Waals surface area (Å²) >= 11 is 0. The van der Waals surface area contributed by atoms with Gasteiger partial charge in [-0.15, -0.1) is 0 Å². The maximum absolute atomic E-state index is 11.9. The molecule has 0 aliphatic rings. The lowest BCUT2D eigenvalue weighted by atomic mass is 10.0. The second-order valence-corrected chi connectivity index (χ2v) is 4.39. The van der Waals surface area contributed by atoms with Crippen LogP contribution in [0.2, 0.25) is 0 Å². The van der Waals surface area contributed by atoms with Crippen LogP contribution in [-0.4, -0.2) is 17.0 Å². The molecule has 0 radical (unpaired) electrons. The molecule has 2 rings (SSSR count). The van der Waals surface area contributed by atoms with Gasteiger partial charge in [-0.2, -0.15) is 0 Å². The molecular formula is C16H15NO3. The van der Waals surface area contributed by atoms with Crippen molar-refractivity contribution >= 4 is 11.9 Å². The Hall–Kier alpha value is -2.62. The van der Waals surface area contributed by atoms with Gasteiger partial charge in [0.05, 0.1) is 6.42 Å². The molecule has 0 aliphatic heterocycles. The van der Waals surface area contributed by atoms with Gasteiger partial charge < -0.3 is 10.4 Å². The van der Waals surface area contributed by atoms with E-state index in [0.717, 1.165) is 5.56 Å². The standard InChI is InChI=1S/C16H15NO3/c18-15(19)10-13-8-4-5-9-14(13)11-17-16(20)12-6-2-1-3-7-12/h1-9H,10-11H2,(H,17,20)(H,18,19). The van der Waals surface area contributed by atoms with Crippen LogP contribution in [0.15, 0.2) is 54.6 Å². The van der Waals surface area contributed by atoms with Crippen molar-refractivity contribution in [1.82, 2.24) is 5.32 Å². The van der Waals surface area contributed by atoms with Crippen LogP contribution in [0.5, 0.6) is 0 Å². The molecule has 0 saturated heterocycles. The van der Waals surface area contributed by atoms with Crippen LogP contribution < -0.4 is 5.32 Å². The van der Waals surface area contributed by atoms with Crippen molar-refractivity contribution in [2.24, 2.45) is 0 Å². The molecule has 1 amide bonds. The van der Waals surface area contributed by atoms with E-state index in [2.05, 4.69) is 5.32 Å². The van der Waals surface area contributed by atoms with Crippen molar-refractivity contribution in [2.45, 2.75) is 13.0 Å². The summed E-state index contributed by atoms with van der Waals surface area (Å²) in [5, 5.41) is 11.7. The third-order valence-electron chi connectivity index (χ3n) is 2.94. The van der Waals surface area contributed by atoms with E-state index < -0.39 is 5.97 Å². The molecule has 0 spiro atoms. The molecule has 2 aromatic rings. The molecule has 0 aliphatic carbocycles. The molecule has 2 N–H and O–H groups in total. The number of hydrogen-bond acceptors (Lipinski definition) is 2. The van der Waals surface area contributed by atoms with Crippen LogP contribution in [-0.2, 0) is 17.8 Å². The highest BCUT2D eigenvalue weighted by atomic mass is 16.4. The third kappa shape index (κ3) is 3.68. The Morgan fingerprint density at radius 3 is 2.15 bits per heavy atom. The molecule has 4 nitrogen and oxygen atoms in total. The smallest absolute Gasteiger partial charge is 0.307 e. The van der Waals surface area contributed by atoms with Gasteiger partial charge in [0.1, 0.15) is 0 Å². The van der Waals surface area contributed by atoms with Crippen molar-refractivity contribution in [1.29, 1.82) is 0 Å². The van der Waals surface area contributed by atoms with Crippen LogP contribution in [0.4, 0.5) is 0 Å². The summed E-state index contributed by atoms with van der Waals surface area (Å²) in [5.74, 6) is -1.05. The van der Waals surface area contributed by atoms with Gasteiger partial charge in [0, 0.05) is 12.1 Å². The number of aliphatic carboxylic acids is 1. The highest BCUT2D eigenvalue weighted by Gasteiger charge is 2.08. The number of carboxylic acids is 1. The number of rotatable bonds is 5. The maximum atomic E-state index is 11.9. The molecule has 0 aromatic heterocycles. The highest BCUT2D eigenvalue weighted by molar-refractivity contribution is 5.94. The minimum absolute atomic E-state index is 0.0443. The Kier molecular flexibility index (Phi) is 4.50. The number of hydrogen-bond donors (Lipinski definition) is 2. The van der Waals surface area contributed by atoms with Crippen molar-refractivity contribution < 1.29 is 14.7 Å². The molecule has 0 heterocycles. The van der Waals surface area contributed by atoms with Crippen molar-refractivity contribution in [3.05, 3.63) is 71.3 Å². The second kappa shape index (κ2) is 6.52. The number of amides is 1. The lowest BCUT2D eigenvalue weighted by Crippen LogP contribution is -2.23. The van der Waals surface area contributed by atoms with E-state index in [0.29, 0.717) is 17.7 Å². The van der Waals surface area contributed by atoms with Crippen LogP contribution in [0.1, 0.15) is 21.5 Å². The van der Waals surface area contributed by atoms with Crippen molar-refractivity contribution in [3.63, 3.8) is 0 Å². The summed E-state index contributed by atoms with van der Waals surface area (Å²) in [6.07, 6.45) is -0.0443. The monoisotopic (exact) mass is 269 g/mol. The number of carbonyl (C=O) groups excluding carboxylic acids is 1. The van der Waals surface area contributed by atoms with E-state index in [9.17, 15) is 9.59 Å². The van der Waals surface area contributed by atoms with E-state index in [1.807, 2.05) is 18.2 Å². The van der Waals surface area contributed by atoms with Gasteiger partial charge in [-0.25, -0.2) is 0 Å². The van der Waals surface area contributed by atoms with Crippen LogP contribution in [0.25, 0.3) is 0 Å². The molecule has 0 atom stereocenters. The third-order valence-corrected chi connectivity index (χ3v) is 2.94. The van der Waals surface area contributed by atoms with Gasteiger partial charge in [0.15, 0.2) is 0 Å². The first-order valence-electron chi connectivity index (χ1n) is 6.28. The summed E-state index contributed by atoms with van der Waals surface area (Å²) in [4.78, 5) is 22.7. The van der Waals surface area contributed by atoms with Crippen LogP contribution in [0.3, 0.4) is 0 Å². The second-order valence-electron chi connectivity index (χ2n) is 4.39. The maximum Gasteiger partial charge on any atom is 0.307 e. The fourth-order valence-corrected chi connectivity index (χ4v) is 1.93. The predicted molar refractivity (Wildman–Crippen MR) is 75.4 cm³/mol. The molecule has 4 heteroatoms. The van der Waals surface area contributed by atoms with E-state index in [1.54, 1.807) is 36.4 Å². The Labute approximate surface area is 117 Å². The number of carbonyl (C=O) groups is 2. The first-order chi connectivity index (χ1) is 9.66. The predicted octanol–water partition coefficient (Wildman–Crippen LogP) is 2.24. The Morgan fingerprint density at radius 1 is 0.900 bits per heavy atom. The van der Waals surface area contributed by atoms with E-state index in [1.165, 1.54) is 0 Å². The number of carboxylic acid groups (broad SMARTS) is 1. The van der Waals surface area contributed by atoms with Gasteiger partial charge in [-0.05, 0) is 23.3 Å². The van der Waals surface area contributed by atoms with Gasteiger partial charge in [-0.1, -0.05) is 42.5 Å². The van der Waals surface area contributed by atoms with E-state index in [-0.39, 0.29) is 12.3 Å². The summed E-state index contributed by atoms with van der Waals surface area (Å²) in [6, 6.07) is 16.1. The van der Waals surface area contributed by atoms with Gasteiger partial charge in [-0.3, -0.25) is 9.59 Å². The molecule has 0 saturated carbocycles. The SMILES string of the molecule is O=C(O)Cc1ccccc1CNC(=O)c1ccccc1. The van der Waals surface area contributed by atoms with Gasteiger partial charge in [0.2, 0.25) is 0 Å². The molecule has 2 aromatic carbocycles. The fraction of sp³-hybridized carbons (Fsp3) is 0.125. The van der Waals surface area contributed by atoms with Gasteiger partial charge in [0.25, 0.3) is 5.91 Å². The van der Waals surface area contributed by atoms with E-state index >= 15 is 0 Å². The lowest BCUT2D eigenvalue weighted by molar-refractivity contribution is -0.136. The zero-order valence-electron chi connectivity index (χ0n) is 10.9. The molecule has 0 unspecified atom stereocenters. The molecule has 0 fully saturated rings. The average molecular weight is 269 g/mol. The quantitative estimate of drug-likeness (QED) is 0.874. The Morgan fingerprint density at radius 2 is 1.50 bits per heavy atom. The minimum Gasteiger partial charge on any atom is -0.481 e. The molecule has 20 heavy (non-hydrogen) atoms. The Balaban J connectivity index is 2.04. The summed E-state index contributed by atoms with van der Waals surface area (Å²) in [6.45, 7) is 0.317. The van der Waals surface area contributed by atoms with E-state index in [4.69, 9.17) is 5.11 Å². The summed E-state index contributed by atoms with van der Waals surface area (Å²) in [7, 11) is 0. The normalized spacial score (nSPS) is 10.0. The highest BCUT2D eigenvalue weighted by Crippen LogP contribution is 2.10. The topological polar surface area (TPSA) is 66.4 Å². The molecule has 0 bridgehead atoms. The van der Waals surface area contributed by atoms with Crippen LogP contribution in [0, 0.1) is 0 Å². The summed E-state index contributed by atoms with van der Waals surface area (Å²) < 4.78 is 0. The zero-order chi connectivity index (χ0) is 14.4.